The first kappa shape index (κ1) is 9.47. The first-order chi connectivity index (χ1) is 7.92. The number of anilines is 1. The maximum absolute atomic E-state index is 4.43. The number of hydrogen-bond donors (Lipinski definition) is 2. The van der Waals surface area contributed by atoms with Crippen LogP contribution in [0.3, 0.4) is 0 Å². The smallest absolute Gasteiger partial charge is 0.180 e. The van der Waals surface area contributed by atoms with Gasteiger partial charge in [0.05, 0.1) is 0 Å². The molecule has 0 radical (unpaired) electrons. The fourth-order valence-electron chi connectivity index (χ4n) is 1.92. The molecular weight excluding hydrogens is 202 g/mol. The molecule has 2 N–H and O–H groups in total. The molecule has 0 spiro atoms. The highest BCUT2D eigenvalue weighted by Gasteiger charge is 2.14. The summed E-state index contributed by atoms with van der Waals surface area (Å²) in [6.07, 6.45) is 4.48. The standard InChI is InChI=1S/C11H13N5/c1-2-10(15-8-3-4-12-7-8)16-11-9(1)13-5-6-14-11/h1-2,5-6,8,12H,3-4,7H2,(H,14,15,16). The van der Waals surface area contributed by atoms with Gasteiger partial charge in [-0.15, -0.1) is 0 Å². The zero-order valence-corrected chi connectivity index (χ0v) is 8.85. The van der Waals surface area contributed by atoms with Crippen LogP contribution < -0.4 is 10.6 Å². The minimum Gasteiger partial charge on any atom is -0.366 e. The van der Waals surface area contributed by atoms with Gasteiger partial charge in [-0.25, -0.2) is 9.97 Å². The predicted octanol–water partition coefficient (Wildman–Crippen LogP) is 0.799. The molecule has 3 heterocycles. The molecule has 3 rings (SSSR count). The summed E-state index contributed by atoms with van der Waals surface area (Å²) in [6, 6.07) is 4.37. The molecule has 0 bridgehead atoms. The fourth-order valence-corrected chi connectivity index (χ4v) is 1.92. The van der Waals surface area contributed by atoms with Crippen molar-refractivity contribution in [3.63, 3.8) is 0 Å². The molecule has 0 amide bonds. The van der Waals surface area contributed by atoms with Crippen LogP contribution in [0.5, 0.6) is 0 Å². The Labute approximate surface area is 93.3 Å². The van der Waals surface area contributed by atoms with Crippen molar-refractivity contribution in [3.8, 4) is 0 Å². The zero-order valence-electron chi connectivity index (χ0n) is 8.85. The molecule has 5 nitrogen and oxygen atoms in total. The first-order valence-corrected chi connectivity index (χ1v) is 5.47. The van der Waals surface area contributed by atoms with Crippen LogP contribution in [0, 0.1) is 0 Å². The largest absolute Gasteiger partial charge is 0.366 e. The number of rotatable bonds is 2. The lowest BCUT2D eigenvalue weighted by molar-refractivity contribution is 0.788. The first-order valence-electron chi connectivity index (χ1n) is 5.47. The number of pyridine rings is 1. The third-order valence-electron chi connectivity index (χ3n) is 2.74. The highest BCUT2D eigenvalue weighted by atomic mass is 15.1. The summed E-state index contributed by atoms with van der Waals surface area (Å²) < 4.78 is 0. The minimum absolute atomic E-state index is 0.474. The van der Waals surface area contributed by atoms with Gasteiger partial charge in [-0.2, -0.15) is 0 Å². The fraction of sp³-hybridized carbons (Fsp3) is 0.364. The molecule has 1 unspecified atom stereocenters. The summed E-state index contributed by atoms with van der Waals surface area (Å²) in [7, 11) is 0. The summed E-state index contributed by atoms with van der Waals surface area (Å²) in [4.78, 5) is 12.8. The van der Waals surface area contributed by atoms with E-state index in [1.54, 1.807) is 12.4 Å². The maximum Gasteiger partial charge on any atom is 0.180 e. The van der Waals surface area contributed by atoms with Gasteiger partial charge in [0.2, 0.25) is 0 Å². The monoisotopic (exact) mass is 215 g/mol. The van der Waals surface area contributed by atoms with Crippen molar-refractivity contribution in [2.45, 2.75) is 12.5 Å². The molecule has 2 aromatic heterocycles. The van der Waals surface area contributed by atoms with Crippen LogP contribution in [0.1, 0.15) is 6.42 Å². The van der Waals surface area contributed by atoms with Crippen molar-refractivity contribution in [1.82, 2.24) is 20.3 Å². The quantitative estimate of drug-likeness (QED) is 0.775. The SMILES string of the molecule is c1cnc2nc(NC3CCNC3)ccc2n1. The van der Waals surface area contributed by atoms with Gasteiger partial charge in [0.15, 0.2) is 5.65 Å². The van der Waals surface area contributed by atoms with Gasteiger partial charge in [-0.1, -0.05) is 0 Å². The van der Waals surface area contributed by atoms with E-state index in [-0.39, 0.29) is 0 Å². The molecule has 0 saturated carbocycles. The van der Waals surface area contributed by atoms with Gasteiger partial charge in [-0.05, 0) is 25.1 Å². The Morgan fingerprint density at radius 3 is 3.06 bits per heavy atom. The normalized spacial score (nSPS) is 20.1. The van der Waals surface area contributed by atoms with E-state index >= 15 is 0 Å². The van der Waals surface area contributed by atoms with Crippen LogP contribution in [0.4, 0.5) is 5.82 Å². The van der Waals surface area contributed by atoms with Crippen molar-refractivity contribution >= 4 is 17.0 Å². The van der Waals surface area contributed by atoms with E-state index < -0.39 is 0 Å². The summed E-state index contributed by atoms with van der Waals surface area (Å²) >= 11 is 0. The average molecular weight is 215 g/mol. The van der Waals surface area contributed by atoms with E-state index in [2.05, 4.69) is 25.6 Å². The van der Waals surface area contributed by atoms with Crippen LogP contribution in [0.15, 0.2) is 24.5 Å². The molecule has 1 fully saturated rings. The molecule has 0 aromatic carbocycles. The lowest BCUT2D eigenvalue weighted by Crippen LogP contribution is -2.22. The van der Waals surface area contributed by atoms with Crippen molar-refractivity contribution in [1.29, 1.82) is 0 Å². The van der Waals surface area contributed by atoms with Crippen LogP contribution >= 0.6 is 0 Å². The lowest BCUT2D eigenvalue weighted by Gasteiger charge is -2.11. The van der Waals surface area contributed by atoms with E-state index in [1.165, 1.54) is 0 Å². The Balaban J connectivity index is 1.86. The zero-order chi connectivity index (χ0) is 10.8. The molecule has 1 aliphatic heterocycles. The van der Waals surface area contributed by atoms with Gasteiger partial charge in [0.25, 0.3) is 0 Å². The van der Waals surface area contributed by atoms with E-state index in [1.807, 2.05) is 12.1 Å². The van der Waals surface area contributed by atoms with Gasteiger partial charge < -0.3 is 10.6 Å². The highest BCUT2D eigenvalue weighted by molar-refractivity contribution is 5.71. The Morgan fingerprint density at radius 1 is 1.25 bits per heavy atom. The third-order valence-corrected chi connectivity index (χ3v) is 2.74. The molecule has 1 saturated heterocycles. The summed E-state index contributed by atoms with van der Waals surface area (Å²) in [6.45, 7) is 2.07. The van der Waals surface area contributed by atoms with Gasteiger partial charge in [0, 0.05) is 25.0 Å². The molecule has 82 valence electrons. The number of aromatic nitrogens is 3. The molecule has 1 aliphatic rings. The van der Waals surface area contributed by atoms with Crippen molar-refractivity contribution in [2.24, 2.45) is 0 Å². The van der Waals surface area contributed by atoms with Crippen LogP contribution in [0.25, 0.3) is 11.2 Å². The Morgan fingerprint density at radius 2 is 2.19 bits per heavy atom. The number of nitrogens with one attached hydrogen (secondary N) is 2. The lowest BCUT2D eigenvalue weighted by atomic mass is 10.2. The highest BCUT2D eigenvalue weighted by Crippen LogP contribution is 2.12. The van der Waals surface area contributed by atoms with E-state index in [0.29, 0.717) is 11.7 Å². The minimum atomic E-state index is 0.474. The topological polar surface area (TPSA) is 62.7 Å². The number of nitrogens with zero attached hydrogens (tertiary/aromatic N) is 3. The molecule has 1 atom stereocenters. The van der Waals surface area contributed by atoms with Crippen LogP contribution in [0.2, 0.25) is 0 Å². The molecule has 0 aliphatic carbocycles. The summed E-state index contributed by atoms with van der Waals surface area (Å²) in [5.41, 5.74) is 1.52. The van der Waals surface area contributed by atoms with Gasteiger partial charge in [0.1, 0.15) is 11.3 Å². The second kappa shape index (κ2) is 4.02. The van der Waals surface area contributed by atoms with Crippen molar-refractivity contribution in [2.75, 3.05) is 18.4 Å². The van der Waals surface area contributed by atoms with Crippen molar-refractivity contribution in [3.05, 3.63) is 24.5 Å². The van der Waals surface area contributed by atoms with E-state index in [4.69, 9.17) is 0 Å². The second-order valence-electron chi connectivity index (χ2n) is 3.93. The van der Waals surface area contributed by atoms with Crippen molar-refractivity contribution < 1.29 is 0 Å². The third kappa shape index (κ3) is 1.81. The Kier molecular flexibility index (Phi) is 2.38. The van der Waals surface area contributed by atoms with Crippen LogP contribution in [-0.4, -0.2) is 34.1 Å². The number of fused-ring (bicyclic) bond motifs is 1. The molecule has 5 heteroatoms. The number of hydrogen-bond acceptors (Lipinski definition) is 5. The molecule has 16 heavy (non-hydrogen) atoms. The second-order valence-corrected chi connectivity index (χ2v) is 3.93. The molecule has 2 aromatic rings. The predicted molar refractivity (Wildman–Crippen MR) is 62.2 cm³/mol. The van der Waals surface area contributed by atoms with Gasteiger partial charge >= 0.3 is 0 Å². The Hall–Kier alpha value is -1.75. The average Bonchev–Trinajstić information content (AvgIpc) is 2.82. The Bertz CT molecular complexity index is 492. The summed E-state index contributed by atoms with van der Waals surface area (Å²) in [5, 5.41) is 6.70. The van der Waals surface area contributed by atoms with E-state index in [0.717, 1.165) is 30.8 Å². The summed E-state index contributed by atoms with van der Waals surface area (Å²) in [5.74, 6) is 0.877. The van der Waals surface area contributed by atoms with Crippen LogP contribution in [-0.2, 0) is 0 Å². The van der Waals surface area contributed by atoms with Gasteiger partial charge in [-0.3, -0.25) is 4.98 Å². The molecular formula is C11H13N5. The maximum atomic E-state index is 4.43. The van der Waals surface area contributed by atoms with E-state index in [9.17, 15) is 0 Å².